The molecule has 1 aromatic rings. The van der Waals surface area contributed by atoms with Crippen molar-refractivity contribution in [2.24, 2.45) is 0 Å². The highest BCUT2D eigenvalue weighted by molar-refractivity contribution is 5.08. The van der Waals surface area contributed by atoms with Crippen LogP contribution in [0.5, 0.6) is 0 Å². The average molecular weight is 168 g/mol. The molecule has 0 saturated heterocycles. The summed E-state index contributed by atoms with van der Waals surface area (Å²) in [7, 11) is 0. The second-order valence-electron chi connectivity index (χ2n) is 2.54. The van der Waals surface area contributed by atoms with Crippen molar-refractivity contribution >= 4 is 0 Å². The lowest BCUT2D eigenvalue weighted by atomic mass is 10.2. The van der Waals surface area contributed by atoms with Gasteiger partial charge < -0.3 is 9.84 Å². The molecule has 4 heteroatoms. The van der Waals surface area contributed by atoms with E-state index < -0.39 is 5.79 Å². The summed E-state index contributed by atoms with van der Waals surface area (Å²) in [6.45, 7) is 3.83. The Morgan fingerprint density at radius 3 is 2.58 bits per heavy atom. The van der Waals surface area contributed by atoms with Crippen molar-refractivity contribution in [2.45, 2.75) is 19.6 Å². The van der Waals surface area contributed by atoms with Gasteiger partial charge in [-0.1, -0.05) is 0 Å². The molecule has 1 atom stereocenters. The van der Waals surface area contributed by atoms with Crippen molar-refractivity contribution in [2.75, 3.05) is 6.61 Å². The van der Waals surface area contributed by atoms with Crippen molar-refractivity contribution in [3.8, 4) is 0 Å². The van der Waals surface area contributed by atoms with Gasteiger partial charge in [0.05, 0.1) is 0 Å². The summed E-state index contributed by atoms with van der Waals surface area (Å²) in [5.41, 5.74) is 0.562. The van der Waals surface area contributed by atoms with E-state index in [2.05, 4.69) is 9.97 Å². The van der Waals surface area contributed by atoms with E-state index in [0.29, 0.717) is 12.2 Å². The highest BCUT2D eigenvalue weighted by Crippen LogP contribution is 2.19. The molecule has 0 aliphatic heterocycles. The van der Waals surface area contributed by atoms with Crippen LogP contribution in [0.4, 0.5) is 0 Å². The molecule has 1 rings (SSSR count). The van der Waals surface area contributed by atoms with Gasteiger partial charge in [-0.25, -0.2) is 9.97 Å². The molecule has 0 aromatic carbocycles. The summed E-state index contributed by atoms with van der Waals surface area (Å²) < 4.78 is 5.09. The molecule has 0 radical (unpaired) electrons. The van der Waals surface area contributed by atoms with Gasteiger partial charge in [0.2, 0.25) is 0 Å². The van der Waals surface area contributed by atoms with Gasteiger partial charge in [-0.05, 0) is 13.8 Å². The highest BCUT2D eigenvalue weighted by Gasteiger charge is 2.23. The molecule has 1 unspecified atom stereocenters. The second kappa shape index (κ2) is 3.60. The van der Waals surface area contributed by atoms with Crippen LogP contribution in [-0.2, 0) is 10.5 Å². The van der Waals surface area contributed by atoms with E-state index in [-0.39, 0.29) is 0 Å². The highest BCUT2D eigenvalue weighted by atomic mass is 16.6. The number of ether oxygens (including phenoxy) is 1. The van der Waals surface area contributed by atoms with Crippen LogP contribution in [0.15, 0.2) is 18.7 Å². The predicted molar refractivity (Wildman–Crippen MR) is 43.2 cm³/mol. The van der Waals surface area contributed by atoms with Crippen LogP contribution >= 0.6 is 0 Å². The Bertz CT molecular complexity index is 236. The van der Waals surface area contributed by atoms with Gasteiger partial charge in [0, 0.05) is 24.6 Å². The molecule has 4 nitrogen and oxygen atoms in total. The van der Waals surface area contributed by atoms with E-state index in [4.69, 9.17) is 4.74 Å². The first kappa shape index (κ1) is 9.09. The number of aromatic nitrogens is 2. The number of aliphatic hydroxyl groups is 1. The number of hydrogen-bond acceptors (Lipinski definition) is 4. The normalized spacial score (nSPS) is 15.6. The molecular weight excluding hydrogens is 156 g/mol. The number of rotatable bonds is 3. The fourth-order valence-corrected chi connectivity index (χ4v) is 0.903. The summed E-state index contributed by atoms with van der Waals surface area (Å²) in [4.78, 5) is 7.56. The van der Waals surface area contributed by atoms with E-state index in [1.165, 1.54) is 18.7 Å². The van der Waals surface area contributed by atoms with Crippen molar-refractivity contribution in [3.05, 3.63) is 24.3 Å². The first-order valence-corrected chi connectivity index (χ1v) is 3.78. The first-order chi connectivity index (χ1) is 5.67. The SMILES string of the molecule is CCOC(C)(O)c1cncnc1. The molecule has 0 aliphatic rings. The molecular formula is C8H12N2O2. The van der Waals surface area contributed by atoms with E-state index in [1.807, 2.05) is 6.92 Å². The second-order valence-corrected chi connectivity index (χ2v) is 2.54. The minimum Gasteiger partial charge on any atom is -0.362 e. The fraction of sp³-hybridized carbons (Fsp3) is 0.500. The monoisotopic (exact) mass is 168 g/mol. The molecule has 66 valence electrons. The Hall–Kier alpha value is -1.00. The van der Waals surface area contributed by atoms with Gasteiger partial charge in [-0.2, -0.15) is 0 Å². The van der Waals surface area contributed by atoms with Gasteiger partial charge in [0.1, 0.15) is 6.33 Å². The molecule has 1 heterocycles. The third-order valence-electron chi connectivity index (χ3n) is 1.52. The zero-order valence-corrected chi connectivity index (χ0v) is 7.19. The Morgan fingerprint density at radius 1 is 1.50 bits per heavy atom. The van der Waals surface area contributed by atoms with E-state index in [9.17, 15) is 5.11 Å². The molecule has 1 aromatic heterocycles. The third-order valence-corrected chi connectivity index (χ3v) is 1.52. The van der Waals surface area contributed by atoms with E-state index in [0.717, 1.165) is 0 Å². The van der Waals surface area contributed by atoms with Crippen LogP contribution in [0.3, 0.4) is 0 Å². The summed E-state index contributed by atoms with van der Waals surface area (Å²) >= 11 is 0. The van der Waals surface area contributed by atoms with Crippen molar-refractivity contribution in [1.29, 1.82) is 0 Å². The largest absolute Gasteiger partial charge is 0.362 e. The first-order valence-electron chi connectivity index (χ1n) is 3.78. The maximum absolute atomic E-state index is 9.68. The Kier molecular flexibility index (Phi) is 2.73. The standard InChI is InChI=1S/C8H12N2O2/c1-3-12-8(2,11)7-4-9-6-10-5-7/h4-6,11H,3H2,1-2H3. The minimum absolute atomic E-state index is 0.446. The van der Waals surface area contributed by atoms with Crippen LogP contribution in [0.1, 0.15) is 19.4 Å². The zero-order valence-electron chi connectivity index (χ0n) is 7.19. The smallest absolute Gasteiger partial charge is 0.192 e. The summed E-state index contributed by atoms with van der Waals surface area (Å²) in [5, 5.41) is 9.68. The van der Waals surface area contributed by atoms with Gasteiger partial charge in [-0.3, -0.25) is 0 Å². The molecule has 12 heavy (non-hydrogen) atoms. The minimum atomic E-state index is -1.28. The summed E-state index contributed by atoms with van der Waals surface area (Å²) in [5.74, 6) is -1.28. The Labute approximate surface area is 71.2 Å². The Morgan fingerprint density at radius 2 is 2.08 bits per heavy atom. The molecule has 0 spiro atoms. The van der Waals surface area contributed by atoms with Crippen molar-refractivity contribution in [3.63, 3.8) is 0 Å². The lowest BCUT2D eigenvalue weighted by Crippen LogP contribution is -2.25. The van der Waals surface area contributed by atoms with Crippen LogP contribution in [0, 0.1) is 0 Å². The molecule has 0 fully saturated rings. The topological polar surface area (TPSA) is 55.2 Å². The van der Waals surface area contributed by atoms with Crippen LogP contribution < -0.4 is 0 Å². The third kappa shape index (κ3) is 1.99. The quantitative estimate of drug-likeness (QED) is 0.674. The zero-order chi connectivity index (χ0) is 9.03. The van der Waals surface area contributed by atoms with Crippen LogP contribution in [0.25, 0.3) is 0 Å². The molecule has 0 bridgehead atoms. The molecule has 0 amide bonds. The van der Waals surface area contributed by atoms with E-state index in [1.54, 1.807) is 6.92 Å². The van der Waals surface area contributed by atoms with Gasteiger partial charge in [-0.15, -0.1) is 0 Å². The summed E-state index contributed by atoms with van der Waals surface area (Å²) in [6, 6.07) is 0. The Balaban J connectivity index is 2.82. The molecule has 0 saturated carbocycles. The maximum Gasteiger partial charge on any atom is 0.192 e. The summed E-state index contributed by atoms with van der Waals surface area (Å²) in [6.07, 6.45) is 4.47. The lowest BCUT2D eigenvalue weighted by Gasteiger charge is -2.22. The fourth-order valence-electron chi connectivity index (χ4n) is 0.903. The maximum atomic E-state index is 9.68. The predicted octanol–water partition coefficient (Wildman–Crippen LogP) is 0.678. The van der Waals surface area contributed by atoms with Crippen molar-refractivity contribution < 1.29 is 9.84 Å². The van der Waals surface area contributed by atoms with Gasteiger partial charge in [0.25, 0.3) is 0 Å². The van der Waals surface area contributed by atoms with Crippen LogP contribution in [-0.4, -0.2) is 21.7 Å². The number of nitrogens with zero attached hydrogens (tertiary/aromatic N) is 2. The van der Waals surface area contributed by atoms with Gasteiger partial charge >= 0.3 is 0 Å². The lowest BCUT2D eigenvalue weighted by molar-refractivity contribution is -0.195. The van der Waals surface area contributed by atoms with Crippen molar-refractivity contribution in [1.82, 2.24) is 9.97 Å². The molecule has 0 aliphatic carbocycles. The van der Waals surface area contributed by atoms with Crippen LogP contribution in [0.2, 0.25) is 0 Å². The van der Waals surface area contributed by atoms with E-state index >= 15 is 0 Å². The molecule has 1 N–H and O–H groups in total. The van der Waals surface area contributed by atoms with Gasteiger partial charge in [0.15, 0.2) is 5.79 Å². The number of hydrogen-bond donors (Lipinski definition) is 1. The average Bonchev–Trinajstić information content (AvgIpc) is 2.06.